The van der Waals surface area contributed by atoms with Crippen molar-refractivity contribution in [2.75, 3.05) is 5.32 Å². The number of rotatable bonds is 4. The van der Waals surface area contributed by atoms with Gasteiger partial charge < -0.3 is 9.88 Å². The van der Waals surface area contributed by atoms with Crippen molar-refractivity contribution in [1.82, 2.24) is 9.55 Å². The summed E-state index contributed by atoms with van der Waals surface area (Å²) in [6.07, 6.45) is 6.13. The minimum Gasteiger partial charge on any atom is -0.380 e. The maximum Gasteiger partial charge on any atom is 0.0529 e. The lowest BCUT2D eigenvalue weighted by Crippen LogP contribution is -1.99. The van der Waals surface area contributed by atoms with Crippen LogP contribution in [-0.2, 0) is 13.1 Å². The van der Waals surface area contributed by atoms with Crippen molar-refractivity contribution < 1.29 is 0 Å². The van der Waals surface area contributed by atoms with Crippen molar-refractivity contribution in [3.8, 4) is 0 Å². The standard InChI is InChI=1S/C13H17N3/c1-3-16-7-6-12(10-16)8-15-13-5-4-11(2)14-9-13/h4-7,9-10,15H,3,8H2,1-2H3. The predicted molar refractivity (Wildman–Crippen MR) is 66.4 cm³/mol. The zero-order chi connectivity index (χ0) is 11.4. The summed E-state index contributed by atoms with van der Waals surface area (Å²) in [5.41, 5.74) is 3.40. The molecular weight excluding hydrogens is 198 g/mol. The second-order valence-electron chi connectivity index (χ2n) is 3.89. The van der Waals surface area contributed by atoms with E-state index >= 15 is 0 Å². The van der Waals surface area contributed by atoms with Crippen molar-refractivity contribution in [1.29, 1.82) is 0 Å². The van der Waals surface area contributed by atoms with Crippen molar-refractivity contribution in [3.05, 3.63) is 48.0 Å². The van der Waals surface area contributed by atoms with Crippen molar-refractivity contribution in [2.45, 2.75) is 26.9 Å². The fraction of sp³-hybridized carbons (Fsp3) is 0.308. The van der Waals surface area contributed by atoms with E-state index in [1.807, 2.05) is 19.2 Å². The molecule has 0 spiro atoms. The Labute approximate surface area is 96.1 Å². The molecule has 0 aliphatic heterocycles. The van der Waals surface area contributed by atoms with Crippen LogP contribution in [0.3, 0.4) is 0 Å². The maximum atomic E-state index is 4.25. The van der Waals surface area contributed by atoms with Gasteiger partial charge in [-0.05, 0) is 37.6 Å². The lowest BCUT2D eigenvalue weighted by molar-refractivity contribution is 0.766. The third-order valence-electron chi connectivity index (χ3n) is 2.58. The molecule has 2 aromatic heterocycles. The Morgan fingerprint density at radius 3 is 2.81 bits per heavy atom. The average Bonchev–Trinajstić information content (AvgIpc) is 2.76. The van der Waals surface area contributed by atoms with Gasteiger partial charge in [0, 0.05) is 31.2 Å². The number of hydrogen-bond donors (Lipinski definition) is 1. The van der Waals surface area contributed by atoms with Gasteiger partial charge in [0.25, 0.3) is 0 Å². The van der Waals surface area contributed by atoms with Crippen molar-refractivity contribution in [3.63, 3.8) is 0 Å². The van der Waals surface area contributed by atoms with Crippen molar-refractivity contribution >= 4 is 5.69 Å². The van der Waals surface area contributed by atoms with Crippen LogP contribution in [0.25, 0.3) is 0 Å². The smallest absolute Gasteiger partial charge is 0.0529 e. The monoisotopic (exact) mass is 215 g/mol. The van der Waals surface area contributed by atoms with Crippen LogP contribution in [0.4, 0.5) is 5.69 Å². The molecule has 0 saturated heterocycles. The van der Waals surface area contributed by atoms with Gasteiger partial charge >= 0.3 is 0 Å². The molecule has 0 unspecified atom stereocenters. The molecule has 3 nitrogen and oxygen atoms in total. The molecular formula is C13H17N3. The third-order valence-corrected chi connectivity index (χ3v) is 2.58. The molecule has 0 aliphatic carbocycles. The van der Waals surface area contributed by atoms with E-state index in [9.17, 15) is 0 Å². The molecule has 84 valence electrons. The van der Waals surface area contributed by atoms with Crippen LogP contribution in [-0.4, -0.2) is 9.55 Å². The molecule has 16 heavy (non-hydrogen) atoms. The van der Waals surface area contributed by atoms with E-state index in [1.165, 1.54) is 5.56 Å². The molecule has 2 heterocycles. The highest BCUT2D eigenvalue weighted by Gasteiger charge is 1.96. The maximum absolute atomic E-state index is 4.25. The third kappa shape index (κ3) is 2.63. The van der Waals surface area contributed by atoms with Crippen LogP contribution in [0.15, 0.2) is 36.8 Å². The first-order valence-electron chi connectivity index (χ1n) is 5.59. The molecule has 0 fully saturated rings. The van der Waals surface area contributed by atoms with Crippen LogP contribution in [0.2, 0.25) is 0 Å². The summed E-state index contributed by atoms with van der Waals surface area (Å²) in [5, 5.41) is 3.35. The van der Waals surface area contributed by atoms with Crippen LogP contribution >= 0.6 is 0 Å². The zero-order valence-corrected chi connectivity index (χ0v) is 9.77. The Morgan fingerprint density at radius 2 is 2.19 bits per heavy atom. The lowest BCUT2D eigenvalue weighted by atomic mass is 10.3. The van der Waals surface area contributed by atoms with Gasteiger partial charge in [-0.2, -0.15) is 0 Å². The largest absolute Gasteiger partial charge is 0.380 e. The van der Waals surface area contributed by atoms with E-state index in [4.69, 9.17) is 0 Å². The SMILES string of the molecule is CCn1ccc(CNc2ccc(C)nc2)c1. The Hall–Kier alpha value is -1.77. The Morgan fingerprint density at radius 1 is 1.31 bits per heavy atom. The van der Waals surface area contributed by atoms with Crippen LogP contribution in [0.1, 0.15) is 18.2 Å². The molecule has 0 radical (unpaired) electrons. The summed E-state index contributed by atoms with van der Waals surface area (Å²) >= 11 is 0. The summed E-state index contributed by atoms with van der Waals surface area (Å²) in [6.45, 7) is 6.00. The molecule has 3 heteroatoms. The van der Waals surface area contributed by atoms with E-state index in [0.29, 0.717) is 0 Å². The molecule has 0 atom stereocenters. The van der Waals surface area contributed by atoms with Gasteiger partial charge in [0.05, 0.1) is 11.9 Å². The lowest BCUT2D eigenvalue weighted by Gasteiger charge is -2.04. The molecule has 1 N–H and O–H groups in total. The van der Waals surface area contributed by atoms with E-state index in [2.05, 4.69) is 46.3 Å². The van der Waals surface area contributed by atoms with Gasteiger partial charge in [0.2, 0.25) is 0 Å². The highest BCUT2D eigenvalue weighted by molar-refractivity contribution is 5.41. The Kier molecular flexibility index (Phi) is 3.25. The summed E-state index contributed by atoms with van der Waals surface area (Å²) in [6, 6.07) is 6.21. The molecule has 0 saturated carbocycles. The van der Waals surface area contributed by atoms with Gasteiger partial charge in [-0.1, -0.05) is 0 Å². The summed E-state index contributed by atoms with van der Waals surface area (Å²) in [5.74, 6) is 0. The second-order valence-corrected chi connectivity index (χ2v) is 3.89. The van der Waals surface area contributed by atoms with Crippen LogP contribution in [0, 0.1) is 6.92 Å². The minimum atomic E-state index is 0.845. The van der Waals surface area contributed by atoms with Crippen LogP contribution in [0.5, 0.6) is 0 Å². The number of nitrogens with zero attached hydrogens (tertiary/aromatic N) is 2. The number of anilines is 1. The van der Waals surface area contributed by atoms with E-state index < -0.39 is 0 Å². The first-order valence-corrected chi connectivity index (χ1v) is 5.59. The summed E-state index contributed by atoms with van der Waals surface area (Å²) in [4.78, 5) is 4.25. The van der Waals surface area contributed by atoms with Gasteiger partial charge in [-0.3, -0.25) is 4.98 Å². The number of hydrogen-bond acceptors (Lipinski definition) is 2. The highest BCUT2D eigenvalue weighted by atomic mass is 14.9. The van der Waals surface area contributed by atoms with E-state index in [-0.39, 0.29) is 0 Å². The summed E-state index contributed by atoms with van der Waals surface area (Å²) in [7, 11) is 0. The van der Waals surface area contributed by atoms with Crippen molar-refractivity contribution in [2.24, 2.45) is 0 Å². The summed E-state index contributed by atoms with van der Waals surface area (Å²) < 4.78 is 2.17. The normalized spacial score (nSPS) is 10.4. The van der Waals surface area contributed by atoms with Crippen LogP contribution < -0.4 is 5.32 Å². The molecule has 0 aliphatic rings. The fourth-order valence-corrected chi connectivity index (χ4v) is 1.57. The average molecular weight is 215 g/mol. The first-order chi connectivity index (χ1) is 7.78. The number of aromatic nitrogens is 2. The van der Waals surface area contributed by atoms with E-state index in [1.54, 1.807) is 0 Å². The quantitative estimate of drug-likeness (QED) is 0.850. The minimum absolute atomic E-state index is 0.845. The van der Waals surface area contributed by atoms with Gasteiger partial charge in [0.1, 0.15) is 0 Å². The fourth-order valence-electron chi connectivity index (χ4n) is 1.57. The van der Waals surface area contributed by atoms with Gasteiger partial charge in [-0.25, -0.2) is 0 Å². The molecule has 0 amide bonds. The first kappa shape index (κ1) is 10.7. The predicted octanol–water partition coefficient (Wildman–Crippen LogP) is 2.82. The Bertz CT molecular complexity index is 442. The van der Waals surface area contributed by atoms with E-state index in [0.717, 1.165) is 24.5 Å². The van der Waals surface area contributed by atoms with Gasteiger partial charge in [0.15, 0.2) is 0 Å². The topological polar surface area (TPSA) is 29.9 Å². The Balaban J connectivity index is 1.94. The molecule has 2 rings (SSSR count). The van der Waals surface area contributed by atoms with Gasteiger partial charge in [-0.15, -0.1) is 0 Å². The zero-order valence-electron chi connectivity index (χ0n) is 9.77. The molecule has 0 aromatic carbocycles. The molecule has 2 aromatic rings. The number of nitrogens with one attached hydrogen (secondary N) is 1. The number of pyridine rings is 1. The number of aryl methyl sites for hydroxylation is 2. The molecule has 0 bridgehead atoms. The highest BCUT2D eigenvalue weighted by Crippen LogP contribution is 2.08. The second kappa shape index (κ2) is 4.84.